The van der Waals surface area contributed by atoms with Crippen molar-refractivity contribution in [1.82, 2.24) is 0 Å². The average Bonchev–Trinajstić information content (AvgIpc) is 2.56. The fraction of sp³-hybridized carbons (Fsp3) is 0.316. The number of carbonyl (C=O) groups excluding carboxylic acids is 1. The molecular weight excluding hydrogens is 356 g/mol. The highest BCUT2D eigenvalue weighted by Crippen LogP contribution is 2.43. The Morgan fingerprint density at radius 3 is 2.48 bits per heavy atom. The Hall–Kier alpha value is -3.29. The molecule has 0 saturated carbocycles. The normalized spacial score (nSPS) is 18.5. The molecule has 2 atom stereocenters. The number of benzene rings is 2. The second-order valence-corrected chi connectivity index (χ2v) is 6.51. The molecule has 1 aliphatic rings. The third-order valence-corrected chi connectivity index (χ3v) is 4.07. The van der Waals surface area contributed by atoms with E-state index in [0.29, 0.717) is 11.1 Å². The first-order chi connectivity index (χ1) is 12.7. The van der Waals surface area contributed by atoms with E-state index in [0.717, 1.165) is 0 Å². The molecule has 27 heavy (non-hydrogen) atoms. The summed E-state index contributed by atoms with van der Waals surface area (Å²) >= 11 is 0. The van der Waals surface area contributed by atoms with Gasteiger partial charge in [0.25, 0.3) is 0 Å². The zero-order chi connectivity index (χ0) is 19.7. The molecule has 4 N–H and O–H groups in total. The van der Waals surface area contributed by atoms with Gasteiger partial charge in [0.15, 0.2) is 23.7 Å². The van der Waals surface area contributed by atoms with Gasteiger partial charge in [0.1, 0.15) is 17.2 Å². The molecule has 0 aliphatic carbocycles. The molecule has 0 fully saturated rings. The number of ether oxygens (including phenoxy) is 3. The molecule has 8 heteroatoms. The number of hydrogen-bond acceptors (Lipinski definition) is 8. The van der Waals surface area contributed by atoms with Gasteiger partial charge < -0.3 is 34.6 Å². The van der Waals surface area contributed by atoms with Gasteiger partial charge in [-0.05, 0) is 26.0 Å². The number of phenolic OH excluding ortho intramolecular Hbond substituents is 4. The number of hydrogen-bond donors (Lipinski definition) is 4. The molecule has 1 unspecified atom stereocenters. The zero-order valence-corrected chi connectivity index (χ0v) is 14.7. The molecule has 0 saturated heterocycles. The summed E-state index contributed by atoms with van der Waals surface area (Å²) < 4.78 is 16.2. The zero-order valence-electron chi connectivity index (χ0n) is 14.7. The molecule has 0 bridgehead atoms. The summed E-state index contributed by atoms with van der Waals surface area (Å²) in [5, 5.41) is 39.1. The topological polar surface area (TPSA) is 126 Å². The van der Waals surface area contributed by atoms with Crippen molar-refractivity contribution < 1.29 is 39.4 Å². The van der Waals surface area contributed by atoms with Gasteiger partial charge in [0, 0.05) is 29.7 Å². The Morgan fingerprint density at radius 1 is 1.07 bits per heavy atom. The molecule has 0 radical (unpaired) electrons. The maximum atomic E-state index is 12.0. The van der Waals surface area contributed by atoms with Gasteiger partial charge in [-0.15, -0.1) is 0 Å². The van der Waals surface area contributed by atoms with Crippen LogP contribution in [0.15, 0.2) is 30.3 Å². The summed E-state index contributed by atoms with van der Waals surface area (Å²) in [5.41, 5.74) is 0.801. The minimum atomic E-state index is -0.895. The van der Waals surface area contributed by atoms with E-state index in [-0.39, 0.29) is 41.3 Å². The number of fused-ring (bicyclic) bond motifs is 1. The molecule has 1 aliphatic heterocycles. The minimum Gasteiger partial charge on any atom is -0.508 e. The van der Waals surface area contributed by atoms with E-state index >= 15 is 0 Å². The maximum Gasteiger partial charge on any atom is 0.508 e. The Bertz CT molecular complexity index is 861. The fourth-order valence-electron chi connectivity index (χ4n) is 2.90. The first-order valence-electron chi connectivity index (χ1n) is 8.35. The SMILES string of the molecule is CC(C)OC(=O)O[C@@H]1Cc2c(O)cc(O)cc2OC1c1ccc(O)c(O)c1. The summed E-state index contributed by atoms with van der Waals surface area (Å²) in [6, 6.07) is 6.59. The molecule has 3 rings (SSSR count). The minimum absolute atomic E-state index is 0.0982. The van der Waals surface area contributed by atoms with Crippen LogP contribution in [0.5, 0.6) is 28.7 Å². The summed E-state index contributed by atoms with van der Waals surface area (Å²) in [6.45, 7) is 3.36. The van der Waals surface area contributed by atoms with Gasteiger partial charge >= 0.3 is 6.16 Å². The van der Waals surface area contributed by atoms with E-state index in [4.69, 9.17) is 14.2 Å². The van der Waals surface area contributed by atoms with Gasteiger partial charge in [0.05, 0.1) is 6.10 Å². The standard InChI is InChI=1S/C19H20O8/c1-9(2)25-19(24)27-17-8-12-14(22)6-11(20)7-16(12)26-18(17)10-3-4-13(21)15(23)5-10/h3-7,9,17-18,20-23H,8H2,1-2H3/t17-,18?/m1/s1. The quantitative estimate of drug-likeness (QED) is 0.476. The summed E-state index contributed by atoms with van der Waals surface area (Å²) in [6.07, 6.45) is -2.90. The Balaban J connectivity index is 1.97. The van der Waals surface area contributed by atoms with E-state index in [1.54, 1.807) is 13.8 Å². The van der Waals surface area contributed by atoms with Crippen LogP contribution in [0.1, 0.15) is 31.1 Å². The van der Waals surface area contributed by atoms with Crippen molar-refractivity contribution in [2.45, 2.75) is 38.6 Å². The van der Waals surface area contributed by atoms with Crippen LogP contribution in [-0.4, -0.2) is 38.8 Å². The third kappa shape index (κ3) is 3.94. The third-order valence-electron chi connectivity index (χ3n) is 4.07. The number of aromatic hydroxyl groups is 4. The van der Waals surface area contributed by atoms with Crippen molar-refractivity contribution >= 4 is 6.16 Å². The fourth-order valence-corrected chi connectivity index (χ4v) is 2.90. The second-order valence-electron chi connectivity index (χ2n) is 6.51. The molecular formula is C19H20O8. The lowest BCUT2D eigenvalue weighted by Gasteiger charge is -2.33. The average molecular weight is 376 g/mol. The molecule has 8 nitrogen and oxygen atoms in total. The van der Waals surface area contributed by atoms with Gasteiger partial charge in [-0.3, -0.25) is 0 Å². The molecule has 0 spiro atoms. The van der Waals surface area contributed by atoms with Crippen LogP contribution in [0.3, 0.4) is 0 Å². The summed E-state index contributed by atoms with van der Waals surface area (Å²) in [5.74, 6) is -0.812. The highest BCUT2D eigenvalue weighted by Gasteiger charge is 2.37. The number of rotatable bonds is 3. The molecule has 2 aromatic rings. The number of carbonyl (C=O) groups is 1. The Labute approximate surface area is 155 Å². The van der Waals surface area contributed by atoms with Crippen LogP contribution >= 0.6 is 0 Å². The summed E-state index contributed by atoms with van der Waals surface area (Å²) in [7, 11) is 0. The van der Waals surface area contributed by atoms with Gasteiger partial charge in [-0.1, -0.05) is 6.07 Å². The molecule has 0 amide bonds. The Kier molecular flexibility index (Phi) is 4.89. The van der Waals surface area contributed by atoms with Crippen molar-refractivity contribution in [2.24, 2.45) is 0 Å². The lowest BCUT2D eigenvalue weighted by Crippen LogP contribution is -2.35. The van der Waals surface area contributed by atoms with Gasteiger partial charge in [-0.2, -0.15) is 0 Å². The first-order valence-corrected chi connectivity index (χ1v) is 8.35. The maximum absolute atomic E-state index is 12.0. The van der Waals surface area contributed by atoms with Crippen LogP contribution in [-0.2, 0) is 15.9 Å². The van der Waals surface area contributed by atoms with E-state index < -0.39 is 18.4 Å². The van der Waals surface area contributed by atoms with Crippen molar-refractivity contribution in [3.8, 4) is 28.7 Å². The lowest BCUT2D eigenvalue weighted by molar-refractivity contribution is -0.0407. The molecule has 0 aromatic heterocycles. The predicted molar refractivity (Wildman–Crippen MR) is 93.1 cm³/mol. The molecule has 2 aromatic carbocycles. The van der Waals surface area contributed by atoms with Crippen molar-refractivity contribution in [3.05, 3.63) is 41.5 Å². The van der Waals surface area contributed by atoms with Crippen molar-refractivity contribution in [1.29, 1.82) is 0 Å². The van der Waals surface area contributed by atoms with E-state index in [2.05, 4.69) is 0 Å². The molecule has 1 heterocycles. The molecule has 144 valence electrons. The van der Waals surface area contributed by atoms with Crippen molar-refractivity contribution in [2.75, 3.05) is 0 Å². The summed E-state index contributed by atoms with van der Waals surface area (Å²) in [4.78, 5) is 12.0. The smallest absolute Gasteiger partial charge is 0.508 e. The van der Waals surface area contributed by atoms with Gasteiger partial charge in [-0.25, -0.2) is 4.79 Å². The van der Waals surface area contributed by atoms with Crippen LogP contribution in [0, 0.1) is 0 Å². The van der Waals surface area contributed by atoms with Crippen LogP contribution in [0.2, 0.25) is 0 Å². The Morgan fingerprint density at radius 2 is 1.81 bits per heavy atom. The van der Waals surface area contributed by atoms with Crippen LogP contribution in [0.4, 0.5) is 4.79 Å². The van der Waals surface area contributed by atoms with Crippen LogP contribution < -0.4 is 4.74 Å². The highest BCUT2D eigenvalue weighted by atomic mass is 16.7. The first kappa shape index (κ1) is 18.5. The van der Waals surface area contributed by atoms with Gasteiger partial charge in [0.2, 0.25) is 0 Å². The second kappa shape index (κ2) is 7.14. The predicted octanol–water partition coefficient (Wildman–Crippen LogP) is 3.12. The van der Waals surface area contributed by atoms with Crippen LogP contribution in [0.25, 0.3) is 0 Å². The number of phenols is 4. The largest absolute Gasteiger partial charge is 0.508 e. The van der Waals surface area contributed by atoms with Crippen molar-refractivity contribution in [3.63, 3.8) is 0 Å². The van der Waals surface area contributed by atoms with E-state index in [1.807, 2.05) is 0 Å². The highest BCUT2D eigenvalue weighted by molar-refractivity contribution is 5.61. The van der Waals surface area contributed by atoms with E-state index in [9.17, 15) is 25.2 Å². The monoisotopic (exact) mass is 376 g/mol. The lowest BCUT2D eigenvalue weighted by atomic mass is 9.93. The van der Waals surface area contributed by atoms with E-state index in [1.165, 1.54) is 30.3 Å².